The van der Waals surface area contributed by atoms with Crippen molar-refractivity contribution in [3.63, 3.8) is 0 Å². The van der Waals surface area contributed by atoms with E-state index in [0.29, 0.717) is 5.11 Å². The van der Waals surface area contributed by atoms with Crippen LogP contribution in [0.25, 0.3) is 0 Å². The van der Waals surface area contributed by atoms with E-state index in [2.05, 4.69) is 33.7 Å². The molecule has 0 bridgehead atoms. The minimum absolute atomic E-state index is 0.578. The molecule has 1 heterocycles. The van der Waals surface area contributed by atoms with Crippen LogP contribution in [-0.2, 0) is 0 Å². The molecule has 0 amide bonds. The highest BCUT2D eigenvalue weighted by molar-refractivity contribution is 7.80. The normalized spacial score (nSPS) is 13.7. The first-order chi connectivity index (χ1) is 11.2. The van der Waals surface area contributed by atoms with E-state index >= 15 is 0 Å². The Kier molecular flexibility index (Phi) is 4.98. The van der Waals surface area contributed by atoms with Crippen molar-refractivity contribution < 1.29 is 4.74 Å². The van der Waals surface area contributed by atoms with Crippen molar-refractivity contribution in [2.75, 3.05) is 35.7 Å². The lowest BCUT2D eigenvalue weighted by molar-refractivity contribution is 0.415. The fourth-order valence-electron chi connectivity index (χ4n) is 2.72. The van der Waals surface area contributed by atoms with Crippen LogP contribution in [0.4, 0.5) is 17.1 Å². The topological polar surface area (TPSA) is 36.5 Å². The molecule has 0 unspecified atom stereocenters. The van der Waals surface area contributed by atoms with E-state index in [-0.39, 0.29) is 0 Å². The molecule has 0 saturated carbocycles. The van der Waals surface area contributed by atoms with Gasteiger partial charge in [-0.25, -0.2) is 0 Å². The molecule has 2 aromatic rings. The van der Waals surface area contributed by atoms with Gasteiger partial charge < -0.3 is 20.3 Å². The number of hydrogen-bond acceptors (Lipinski definition) is 3. The third kappa shape index (κ3) is 4.13. The minimum atomic E-state index is 0.578. The van der Waals surface area contributed by atoms with Crippen LogP contribution < -0.4 is 20.3 Å². The molecule has 4 nitrogen and oxygen atoms in total. The van der Waals surface area contributed by atoms with Crippen molar-refractivity contribution in [1.29, 1.82) is 0 Å². The Morgan fingerprint density at radius 1 is 1.00 bits per heavy atom. The Morgan fingerprint density at radius 3 is 2.39 bits per heavy atom. The number of ether oxygens (including phenoxy) is 1. The Labute approximate surface area is 142 Å². The third-order valence-electron chi connectivity index (χ3n) is 3.92. The van der Waals surface area contributed by atoms with Crippen molar-refractivity contribution >= 4 is 34.4 Å². The Morgan fingerprint density at radius 2 is 1.70 bits per heavy atom. The Hall–Kier alpha value is -2.27. The van der Waals surface area contributed by atoms with E-state index < -0.39 is 0 Å². The number of benzene rings is 2. The van der Waals surface area contributed by atoms with Gasteiger partial charge >= 0.3 is 0 Å². The highest BCUT2D eigenvalue weighted by Crippen LogP contribution is 2.23. The van der Waals surface area contributed by atoms with Gasteiger partial charge in [0, 0.05) is 30.2 Å². The zero-order chi connectivity index (χ0) is 16.1. The number of hydrogen-bond donors (Lipinski definition) is 2. The van der Waals surface area contributed by atoms with Crippen LogP contribution in [-0.4, -0.2) is 25.3 Å². The maximum atomic E-state index is 5.39. The lowest BCUT2D eigenvalue weighted by Crippen LogP contribution is -2.20. The van der Waals surface area contributed by atoms with Gasteiger partial charge in [0.1, 0.15) is 5.75 Å². The average molecular weight is 327 g/mol. The van der Waals surface area contributed by atoms with Crippen LogP contribution in [0.3, 0.4) is 0 Å². The van der Waals surface area contributed by atoms with Gasteiger partial charge in [-0.2, -0.15) is 0 Å². The second kappa shape index (κ2) is 7.33. The van der Waals surface area contributed by atoms with Gasteiger partial charge in [0.05, 0.1) is 7.11 Å². The Bertz CT molecular complexity index is 666. The average Bonchev–Trinajstić information content (AvgIpc) is 3.10. The molecule has 3 rings (SSSR count). The molecular weight excluding hydrogens is 306 g/mol. The zero-order valence-electron chi connectivity index (χ0n) is 13.2. The van der Waals surface area contributed by atoms with E-state index in [1.165, 1.54) is 18.5 Å². The fourth-order valence-corrected chi connectivity index (χ4v) is 2.96. The lowest BCUT2D eigenvalue weighted by atomic mass is 10.2. The smallest absolute Gasteiger partial charge is 0.175 e. The first-order valence-corrected chi connectivity index (χ1v) is 8.22. The standard InChI is InChI=1S/C18H21N3OS/c1-22-17-9-7-14(8-10-17)19-18(23)20-15-5-4-6-16(13-15)21-11-2-3-12-21/h4-10,13H,2-3,11-12H2,1H3,(H2,19,20,23). The maximum absolute atomic E-state index is 5.39. The predicted octanol–water partition coefficient (Wildman–Crippen LogP) is 4.10. The second-order valence-corrected chi connectivity index (χ2v) is 5.96. The summed E-state index contributed by atoms with van der Waals surface area (Å²) in [6, 6.07) is 16.1. The molecule has 23 heavy (non-hydrogen) atoms. The number of nitrogens with one attached hydrogen (secondary N) is 2. The zero-order valence-corrected chi connectivity index (χ0v) is 14.0. The summed E-state index contributed by atoms with van der Waals surface area (Å²) < 4.78 is 5.15. The largest absolute Gasteiger partial charge is 0.497 e. The van der Waals surface area contributed by atoms with Crippen LogP contribution >= 0.6 is 12.2 Å². The fraction of sp³-hybridized carbons (Fsp3) is 0.278. The summed E-state index contributed by atoms with van der Waals surface area (Å²) in [6.07, 6.45) is 2.55. The molecule has 120 valence electrons. The molecular formula is C18H21N3OS. The molecule has 0 aromatic heterocycles. The van der Waals surface area contributed by atoms with E-state index in [4.69, 9.17) is 17.0 Å². The molecule has 2 aromatic carbocycles. The summed E-state index contributed by atoms with van der Waals surface area (Å²) in [4.78, 5) is 2.41. The SMILES string of the molecule is COc1ccc(NC(=S)Nc2cccc(N3CCCC3)c2)cc1. The van der Waals surface area contributed by atoms with Crippen LogP contribution in [0.1, 0.15) is 12.8 Å². The molecule has 1 aliphatic heterocycles. The van der Waals surface area contributed by atoms with Gasteiger partial charge in [0.15, 0.2) is 5.11 Å². The second-order valence-electron chi connectivity index (χ2n) is 5.55. The van der Waals surface area contributed by atoms with Crippen molar-refractivity contribution in [3.8, 4) is 5.75 Å². The maximum Gasteiger partial charge on any atom is 0.175 e. The van der Waals surface area contributed by atoms with Crippen LogP contribution in [0, 0.1) is 0 Å². The molecule has 2 N–H and O–H groups in total. The van der Waals surface area contributed by atoms with Crippen LogP contribution in [0.5, 0.6) is 5.75 Å². The van der Waals surface area contributed by atoms with E-state index in [0.717, 1.165) is 30.2 Å². The molecule has 5 heteroatoms. The third-order valence-corrected chi connectivity index (χ3v) is 4.13. The summed E-state index contributed by atoms with van der Waals surface area (Å²) in [6.45, 7) is 2.27. The van der Waals surface area contributed by atoms with Crippen molar-refractivity contribution in [2.45, 2.75) is 12.8 Å². The molecule has 1 aliphatic rings. The Balaban J connectivity index is 1.61. The summed E-state index contributed by atoms with van der Waals surface area (Å²) >= 11 is 5.39. The molecule has 0 aliphatic carbocycles. The minimum Gasteiger partial charge on any atom is -0.497 e. The van der Waals surface area contributed by atoms with Crippen LogP contribution in [0.15, 0.2) is 48.5 Å². The molecule has 0 atom stereocenters. The van der Waals surface area contributed by atoms with Gasteiger partial charge in [-0.3, -0.25) is 0 Å². The van der Waals surface area contributed by atoms with Gasteiger partial charge in [0.25, 0.3) is 0 Å². The quantitative estimate of drug-likeness (QED) is 0.827. The van der Waals surface area contributed by atoms with Crippen molar-refractivity contribution in [3.05, 3.63) is 48.5 Å². The summed E-state index contributed by atoms with van der Waals surface area (Å²) in [5.74, 6) is 0.827. The number of nitrogens with zero attached hydrogens (tertiary/aromatic N) is 1. The summed E-state index contributed by atoms with van der Waals surface area (Å²) in [5.41, 5.74) is 3.18. The van der Waals surface area contributed by atoms with E-state index in [9.17, 15) is 0 Å². The van der Waals surface area contributed by atoms with Crippen LogP contribution in [0.2, 0.25) is 0 Å². The molecule has 1 fully saturated rings. The van der Waals surface area contributed by atoms with Gasteiger partial charge in [-0.15, -0.1) is 0 Å². The van der Waals surface area contributed by atoms with Crippen molar-refractivity contribution in [1.82, 2.24) is 0 Å². The highest BCUT2D eigenvalue weighted by atomic mass is 32.1. The molecule has 1 saturated heterocycles. The monoisotopic (exact) mass is 327 g/mol. The molecule has 0 spiro atoms. The first-order valence-electron chi connectivity index (χ1n) is 7.82. The lowest BCUT2D eigenvalue weighted by Gasteiger charge is -2.19. The van der Waals surface area contributed by atoms with E-state index in [1.54, 1.807) is 7.11 Å². The van der Waals surface area contributed by atoms with Gasteiger partial charge in [-0.1, -0.05) is 6.07 Å². The predicted molar refractivity (Wildman–Crippen MR) is 101 cm³/mol. The number of methoxy groups -OCH3 is 1. The number of anilines is 3. The number of rotatable bonds is 4. The first kappa shape index (κ1) is 15.6. The molecule has 0 radical (unpaired) electrons. The van der Waals surface area contributed by atoms with Gasteiger partial charge in [-0.05, 0) is 67.5 Å². The van der Waals surface area contributed by atoms with Crippen molar-refractivity contribution in [2.24, 2.45) is 0 Å². The van der Waals surface area contributed by atoms with Gasteiger partial charge in [0.2, 0.25) is 0 Å². The van der Waals surface area contributed by atoms with E-state index in [1.807, 2.05) is 30.3 Å². The summed E-state index contributed by atoms with van der Waals surface area (Å²) in [7, 11) is 1.65. The highest BCUT2D eigenvalue weighted by Gasteiger charge is 2.12. The summed E-state index contributed by atoms with van der Waals surface area (Å²) in [5, 5.41) is 7.00. The number of thiocarbonyl (C=S) groups is 1.